The quantitative estimate of drug-likeness (QED) is 0.886. The Hall–Kier alpha value is -1.13. The lowest BCUT2D eigenvalue weighted by atomic mass is 10.0. The van der Waals surface area contributed by atoms with Crippen molar-refractivity contribution in [2.24, 2.45) is 11.8 Å². The van der Waals surface area contributed by atoms with Crippen LogP contribution in [0.2, 0.25) is 5.02 Å². The summed E-state index contributed by atoms with van der Waals surface area (Å²) in [5, 5.41) is 12.3. The normalized spacial score (nSPS) is 26.4. The minimum Gasteiger partial charge on any atom is -0.316 e. The minimum absolute atomic E-state index is 0.0335. The molecule has 2 aliphatic heterocycles. The number of halogens is 1. The second-order valence-electron chi connectivity index (χ2n) is 5.26. The molecular weight excluding hydrogens is 298 g/mol. The highest BCUT2D eigenvalue weighted by Gasteiger charge is 2.42. The lowest BCUT2D eigenvalue weighted by Crippen LogP contribution is -2.32. The summed E-state index contributed by atoms with van der Waals surface area (Å²) in [7, 11) is -3.62. The van der Waals surface area contributed by atoms with Gasteiger partial charge < -0.3 is 5.32 Å². The number of nitrogens with one attached hydrogen (secondary N) is 1. The van der Waals surface area contributed by atoms with E-state index in [0.29, 0.717) is 30.5 Å². The maximum Gasteiger partial charge on any atom is 0.244 e. The number of nitrogens with zero attached hydrogens (tertiary/aromatic N) is 2. The van der Waals surface area contributed by atoms with Crippen LogP contribution in [0.5, 0.6) is 0 Å². The summed E-state index contributed by atoms with van der Waals surface area (Å²) < 4.78 is 26.8. The van der Waals surface area contributed by atoms with Crippen LogP contribution < -0.4 is 5.32 Å². The zero-order valence-corrected chi connectivity index (χ0v) is 12.3. The zero-order chi connectivity index (χ0) is 14.3. The van der Waals surface area contributed by atoms with Crippen LogP contribution in [-0.2, 0) is 10.0 Å². The predicted octanol–water partition coefficient (Wildman–Crippen LogP) is 1.05. The number of benzene rings is 1. The molecule has 0 spiro atoms. The Morgan fingerprint density at radius 3 is 2.55 bits per heavy atom. The van der Waals surface area contributed by atoms with Crippen molar-refractivity contribution in [3.63, 3.8) is 0 Å². The molecule has 2 fully saturated rings. The summed E-state index contributed by atoms with van der Waals surface area (Å²) in [6.45, 7) is 2.77. The molecule has 0 radical (unpaired) electrons. The topological polar surface area (TPSA) is 73.2 Å². The van der Waals surface area contributed by atoms with Crippen LogP contribution in [0.3, 0.4) is 0 Å². The highest BCUT2D eigenvalue weighted by atomic mass is 35.5. The van der Waals surface area contributed by atoms with E-state index in [2.05, 4.69) is 5.32 Å². The number of hydrogen-bond acceptors (Lipinski definition) is 4. The first-order valence-electron chi connectivity index (χ1n) is 6.43. The van der Waals surface area contributed by atoms with E-state index in [1.54, 1.807) is 0 Å². The van der Waals surface area contributed by atoms with Gasteiger partial charge in [-0.25, -0.2) is 8.42 Å². The minimum atomic E-state index is -3.62. The van der Waals surface area contributed by atoms with Crippen LogP contribution in [-0.4, -0.2) is 38.9 Å². The maximum atomic E-state index is 12.7. The Balaban J connectivity index is 1.95. The summed E-state index contributed by atoms with van der Waals surface area (Å²) in [4.78, 5) is 0.0335. The molecule has 3 rings (SSSR count). The van der Waals surface area contributed by atoms with Gasteiger partial charge in [-0.05, 0) is 43.1 Å². The van der Waals surface area contributed by atoms with Gasteiger partial charge in [0.2, 0.25) is 10.0 Å². The molecule has 1 aromatic carbocycles. The van der Waals surface area contributed by atoms with E-state index in [4.69, 9.17) is 16.9 Å². The molecule has 0 aliphatic carbocycles. The van der Waals surface area contributed by atoms with Crippen LogP contribution in [0.15, 0.2) is 23.1 Å². The Bertz CT molecular complexity index is 671. The first kappa shape index (κ1) is 13.8. The molecule has 0 saturated carbocycles. The van der Waals surface area contributed by atoms with E-state index in [-0.39, 0.29) is 9.92 Å². The molecule has 2 saturated heterocycles. The second kappa shape index (κ2) is 5.01. The standard InChI is InChI=1S/C13H14ClN3O2S/c14-12-2-1-9(4-15)3-13(12)20(18,19)17-7-10-5-16-6-11(10)8-17/h1-3,10-11,16H,5-8H2. The van der Waals surface area contributed by atoms with E-state index >= 15 is 0 Å². The molecule has 5 nitrogen and oxygen atoms in total. The number of hydrogen-bond donors (Lipinski definition) is 1. The third kappa shape index (κ3) is 2.21. The largest absolute Gasteiger partial charge is 0.316 e. The maximum absolute atomic E-state index is 12.7. The molecule has 1 aromatic rings. The van der Waals surface area contributed by atoms with Gasteiger partial charge in [0, 0.05) is 13.1 Å². The molecule has 0 aromatic heterocycles. The van der Waals surface area contributed by atoms with Crippen molar-refractivity contribution in [2.75, 3.05) is 26.2 Å². The van der Waals surface area contributed by atoms with Gasteiger partial charge >= 0.3 is 0 Å². The average molecular weight is 312 g/mol. The monoisotopic (exact) mass is 311 g/mol. The lowest BCUT2D eigenvalue weighted by Gasteiger charge is -2.18. The molecule has 2 atom stereocenters. The highest BCUT2D eigenvalue weighted by Crippen LogP contribution is 2.33. The fourth-order valence-electron chi connectivity index (χ4n) is 2.92. The molecule has 0 amide bonds. The number of sulfonamides is 1. The molecule has 2 unspecified atom stereocenters. The van der Waals surface area contributed by atoms with Crippen molar-refractivity contribution in [3.8, 4) is 6.07 Å². The van der Waals surface area contributed by atoms with Crippen molar-refractivity contribution >= 4 is 21.6 Å². The van der Waals surface area contributed by atoms with E-state index in [1.807, 2.05) is 6.07 Å². The zero-order valence-electron chi connectivity index (χ0n) is 10.7. The molecule has 1 N–H and O–H groups in total. The number of rotatable bonds is 2. The van der Waals surface area contributed by atoms with Crippen molar-refractivity contribution in [1.29, 1.82) is 5.26 Å². The molecule has 2 heterocycles. The van der Waals surface area contributed by atoms with Gasteiger partial charge in [0.1, 0.15) is 4.90 Å². The second-order valence-corrected chi connectivity index (χ2v) is 7.57. The van der Waals surface area contributed by atoms with Crippen LogP contribution in [0.1, 0.15) is 5.56 Å². The van der Waals surface area contributed by atoms with Crippen LogP contribution >= 0.6 is 11.6 Å². The summed E-state index contributed by atoms with van der Waals surface area (Å²) in [5.74, 6) is 0.755. The fourth-order valence-corrected chi connectivity index (χ4v) is 4.97. The summed E-state index contributed by atoms with van der Waals surface area (Å²) in [6, 6.07) is 6.28. The van der Waals surface area contributed by atoms with Gasteiger partial charge in [-0.15, -0.1) is 0 Å². The molecular formula is C13H14ClN3O2S. The Kier molecular flexibility index (Phi) is 3.46. The number of fused-ring (bicyclic) bond motifs is 1. The third-order valence-electron chi connectivity index (χ3n) is 4.03. The van der Waals surface area contributed by atoms with Gasteiger partial charge in [0.05, 0.1) is 16.7 Å². The van der Waals surface area contributed by atoms with Crippen molar-refractivity contribution in [2.45, 2.75) is 4.90 Å². The van der Waals surface area contributed by atoms with Gasteiger partial charge in [-0.1, -0.05) is 11.6 Å². The molecule has 20 heavy (non-hydrogen) atoms. The van der Waals surface area contributed by atoms with Gasteiger partial charge in [0.15, 0.2) is 0 Å². The first-order valence-corrected chi connectivity index (χ1v) is 8.24. The smallest absolute Gasteiger partial charge is 0.244 e. The third-order valence-corrected chi connectivity index (χ3v) is 6.35. The van der Waals surface area contributed by atoms with Crippen molar-refractivity contribution in [1.82, 2.24) is 9.62 Å². The van der Waals surface area contributed by atoms with Crippen molar-refractivity contribution in [3.05, 3.63) is 28.8 Å². The Morgan fingerprint density at radius 1 is 1.30 bits per heavy atom. The summed E-state index contributed by atoms with van der Waals surface area (Å²) >= 11 is 6.01. The van der Waals surface area contributed by atoms with Crippen LogP contribution in [0.4, 0.5) is 0 Å². The summed E-state index contributed by atoms with van der Waals surface area (Å²) in [5.41, 5.74) is 0.300. The van der Waals surface area contributed by atoms with Gasteiger partial charge in [-0.3, -0.25) is 0 Å². The van der Waals surface area contributed by atoms with E-state index in [9.17, 15) is 8.42 Å². The van der Waals surface area contributed by atoms with E-state index in [1.165, 1.54) is 22.5 Å². The Labute approximate surface area is 123 Å². The van der Waals surface area contributed by atoms with Gasteiger partial charge in [-0.2, -0.15) is 9.57 Å². The molecule has 2 aliphatic rings. The van der Waals surface area contributed by atoms with Crippen LogP contribution in [0.25, 0.3) is 0 Å². The van der Waals surface area contributed by atoms with Crippen molar-refractivity contribution < 1.29 is 8.42 Å². The average Bonchev–Trinajstić information content (AvgIpc) is 3.00. The predicted molar refractivity (Wildman–Crippen MR) is 74.8 cm³/mol. The molecule has 7 heteroatoms. The molecule has 0 bridgehead atoms. The highest BCUT2D eigenvalue weighted by molar-refractivity contribution is 7.89. The van der Waals surface area contributed by atoms with Crippen LogP contribution in [0, 0.1) is 23.2 Å². The Morgan fingerprint density at radius 2 is 1.95 bits per heavy atom. The molecule has 106 valence electrons. The lowest BCUT2D eigenvalue weighted by molar-refractivity contribution is 0.448. The number of nitriles is 1. The summed E-state index contributed by atoms with van der Waals surface area (Å²) in [6.07, 6.45) is 0. The van der Waals surface area contributed by atoms with Gasteiger partial charge in [0.25, 0.3) is 0 Å². The fraction of sp³-hybridized carbons (Fsp3) is 0.462. The first-order chi connectivity index (χ1) is 9.52. The van der Waals surface area contributed by atoms with E-state index in [0.717, 1.165) is 13.1 Å². The van der Waals surface area contributed by atoms with E-state index < -0.39 is 10.0 Å². The SMILES string of the molecule is N#Cc1ccc(Cl)c(S(=O)(=O)N2CC3CNCC3C2)c1.